The lowest BCUT2D eigenvalue weighted by atomic mass is 10.4. The van der Waals surface area contributed by atoms with Crippen LogP contribution in [-0.4, -0.2) is 11.9 Å². The highest BCUT2D eigenvalue weighted by Crippen LogP contribution is 1.98. The van der Waals surface area contributed by atoms with Crippen molar-refractivity contribution in [3.8, 4) is 6.19 Å². The Hall–Kier alpha value is -2.29. The lowest BCUT2D eigenvalue weighted by Gasteiger charge is -2.00. The minimum absolute atomic E-state index is 0.0875. The molecule has 0 aliphatic rings. The van der Waals surface area contributed by atoms with Gasteiger partial charge in [0.25, 0.3) is 5.91 Å². The van der Waals surface area contributed by atoms with E-state index in [9.17, 15) is 4.79 Å². The van der Waals surface area contributed by atoms with Crippen LogP contribution in [0.5, 0.6) is 0 Å². The van der Waals surface area contributed by atoms with E-state index >= 15 is 0 Å². The van der Waals surface area contributed by atoms with Crippen molar-refractivity contribution < 1.29 is 9.21 Å². The second-order valence-corrected chi connectivity index (χ2v) is 2.04. The Bertz CT molecular complexity index is 349. The number of carbonyl (C=O) groups is 1. The number of furan rings is 1. The third kappa shape index (κ3) is 2.34. The van der Waals surface area contributed by atoms with E-state index in [0.29, 0.717) is 0 Å². The number of rotatable bonds is 1. The largest absolute Gasteiger partial charge is 0.459 e. The Morgan fingerprint density at radius 2 is 2.46 bits per heavy atom. The highest BCUT2D eigenvalue weighted by atomic mass is 16.3. The lowest BCUT2D eigenvalue weighted by Crippen LogP contribution is -2.37. The molecule has 6 nitrogen and oxygen atoms in total. The van der Waals surface area contributed by atoms with Crippen molar-refractivity contribution in [2.24, 2.45) is 0 Å². The molecule has 0 atom stereocenters. The zero-order chi connectivity index (χ0) is 9.68. The molecule has 0 unspecified atom stereocenters. The van der Waals surface area contributed by atoms with Crippen molar-refractivity contribution in [2.75, 3.05) is 0 Å². The lowest BCUT2D eigenvalue weighted by molar-refractivity contribution is 0.0949. The van der Waals surface area contributed by atoms with Crippen LogP contribution >= 0.6 is 0 Å². The summed E-state index contributed by atoms with van der Waals surface area (Å²) in [5.41, 5.74) is 0. The summed E-state index contributed by atoms with van der Waals surface area (Å²) >= 11 is 0. The van der Waals surface area contributed by atoms with Crippen LogP contribution < -0.4 is 10.6 Å². The van der Waals surface area contributed by atoms with Gasteiger partial charge < -0.3 is 4.42 Å². The maximum absolute atomic E-state index is 11.1. The molecule has 0 aliphatic carbocycles. The van der Waals surface area contributed by atoms with Crippen molar-refractivity contribution in [1.29, 1.82) is 10.7 Å². The zero-order valence-corrected chi connectivity index (χ0v) is 6.50. The van der Waals surface area contributed by atoms with Crippen molar-refractivity contribution >= 4 is 11.9 Å². The van der Waals surface area contributed by atoms with Gasteiger partial charge in [0.05, 0.1) is 6.26 Å². The molecule has 0 spiro atoms. The molecule has 6 heteroatoms. The molecule has 0 fully saturated rings. The molecule has 1 heterocycles. The molecule has 1 amide bonds. The topological polar surface area (TPSA) is 102 Å². The summed E-state index contributed by atoms with van der Waals surface area (Å²) in [4.78, 5) is 11.1. The van der Waals surface area contributed by atoms with Gasteiger partial charge in [-0.1, -0.05) is 0 Å². The zero-order valence-electron chi connectivity index (χ0n) is 6.50. The first-order chi connectivity index (χ1) is 6.24. The number of hydrogen-bond acceptors (Lipinski definition) is 4. The molecule has 0 saturated heterocycles. The molecule has 0 aliphatic heterocycles. The molecule has 66 valence electrons. The second kappa shape index (κ2) is 3.92. The Kier molecular flexibility index (Phi) is 2.65. The molecule has 1 aromatic heterocycles. The van der Waals surface area contributed by atoms with Crippen LogP contribution in [-0.2, 0) is 0 Å². The average Bonchev–Trinajstić information content (AvgIpc) is 2.55. The van der Waals surface area contributed by atoms with Gasteiger partial charge in [-0.15, -0.1) is 0 Å². The minimum atomic E-state index is -0.572. The first-order valence-corrected chi connectivity index (χ1v) is 3.32. The summed E-state index contributed by atoms with van der Waals surface area (Å²) in [6.07, 6.45) is 2.84. The second-order valence-electron chi connectivity index (χ2n) is 2.04. The normalized spacial score (nSPS) is 8.54. The van der Waals surface area contributed by atoms with E-state index in [2.05, 4.69) is 5.32 Å². The minimum Gasteiger partial charge on any atom is -0.459 e. The van der Waals surface area contributed by atoms with E-state index in [1.165, 1.54) is 18.5 Å². The first kappa shape index (κ1) is 8.80. The fourth-order valence-corrected chi connectivity index (χ4v) is 0.670. The molecule has 1 rings (SSSR count). The van der Waals surface area contributed by atoms with Crippen molar-refractivity contribution in [2.45, 2.75) is 0 Å². The van der Waals surface area contributed by atoms with E-state index in [-0.39, 0.29) is 11.7 Å². The van der Waals surface area contributed by atoms with Gasteiger partial charge in [-0.2, -0.15) is 5.26 Å². The molecule has 0 radical (unpaired) electrons. The molecule has 0 bridgehead atoms. The molecule has 3 N–H and O–H groups in total. The number of amides is 1. The van der Waals surface area contributed by atoms with Crippen molar-refractivity contribution in [3.63, 3.8) is 0 Å². The van der Waals surface area contributed by atoms with Crippen LogP contribution in [0.1, 0.15) is 10.6 Å². The summed E-state index contributed by atoms with van der Waals surface area (Å²) in [5, 5.41) is 19.2. The van der Waals surface area contributed by atoms with Crippen LogP contribution in [0.2, 0.25) is 0 Å². The predicted octanol–water partition coefficient (Wildman–Crippen LogP) is 0.0148. The summed E-state index contributed by atoms with van der Waals surface area (Å²) < 4.78 is 4.75. The quantitative estimate of drug-likeness (QED) is 0.244. The summed E-state index contributed by atoms with van der Waals surface area (Å²) in [6.45, 7) is 0. The number of nitrogens with one attached hydrogen (secondary N) is 3. The summed E-state index contributed by atoms with van der Waals surface area (Å²) in [5.74, 6) is -0.869. The van der Waals surface area contributed by atoms with Gasteiger partial charge in [0.2, 0.25) is 5.96 Å². The van der Waals surface area contributed by atoms with E-state index in [0.717, 1.165) is 0 Å². The van der Waals surface area contributed by atoms with E-state index < -0.39 is 5.91 Å². The first-order valence-electron chi connectivity index (χ1n) is 3.32. The maximum atomic E-state index is 11.1. The SMILES string of the molecule is N#CNC(=N)NC(=O)c1ccco1. The number of nitrogens with zero attached hydrogens (tertiary/aromatic N) is 1. The third-order valence-corrected chi connectivity index (χ3v) is 1.16. The highest BCUT2D eigenvalue weighted by molar-refractivity contribution is 6.03. The number of carbonyl (C=O) groups excluding carboxylic acids is 1. The highest BCUT2D eigenvalue weighted by Gasteiger charge is 2.09. The molecule has 0 aromatic carbocycles. The Balaban J connectivity index is 2.53. The van der Waals surface area contributed by atoms with Crippen molar-refractivity contribution in [1.82, 2.24) is 10.6 Å². The molecule has 13 heavy (non-hydrogen) atoms. The Morgan fingerprint density at radius 1 is 1.69 bits per heavy atom. The van der Waals surface area contributed by atoms with E-state index in [1.54, 1.807) is 6.07 Å². The number of guanidine groups is 1. The molecular weight excluding hydrogens is 172 g/mol. The van der Waals surface area contributed by atoms with Gasteiger partial charge in [-0.05, 0) is 12.1 Å². The molecule has 0 saturated carbocycles. The smallest absolute Gasteiger partial charge is 0.293 e. The molecular formula is C7H6N4O2. The van der Waals surface area contributed by atoms with Gasteiger partial charge in [0, 0.05) is 0 Å². The fourth-order valence-electron chi connectivity index (χ4n) is 0.670. The monoisotopic (exact) mass is 178 g/mol. The number of hydrogen-bond donors (Lipinski definition) is 3. The van der Waals surface area contributed by atoms with Gasteiger partial charge in [0.1, 0.15) is 0 Å². The fraction of sp³-hybridized carbons (Fsp3) is 0. The Morgan fingerprint density at radius 3 is 3.00 bits per heavy atom. The van der Waals surface area contributed by atoms with E-state index in [1.807, 2.05) is 5.32 Å². The van der Waals surface area contributed by atoms with Gasteiger partial charge in [-0.3, -0.25) is 20.8 Å². The van der Waals surface area contributed by atoms with Crippen LogP contribution in [0.4, 0.5) is 0 Å². The number of nitriles is 1. The average molecular weight is 178 g/mol. The van der Waals surface area contributed by atoms with Gasteiger partial charge in [-0.25, -0.2) is 0 Å². The van der Waals surface area contributed by atoms with E-state index in [4.69, 9.17) is 15.1 Å². The van der Waals surface area contributed by atoms with Crippen LogP contribution in [0.3, 0.4) is 0 Å². The maximum Gasteiger partial charge on any atom is 0.293 e. The summed E-state index contributed by atoms with van der Waals surface area (Å²) in [6, 6.07) is 3.01. The van der Waals surface area contributed by atoms with Crippen LogP contribution in [0.15, 0.2) is 22.8 Å². The van der Waals surface area contributed by atoms with Gasteiger partial charge >= 0.3 is 0 Å². The van der Waals surface area contributed by atoms with Crippen LogP contribution in [0.25, 0.3) is 0 Å². The Labute approximate surface area is 73.7 Å². The predicted molar refractivity (Wildman–Crippen MR) is 42.6 cm³/mol. The summed E-state index contributed by atoms with van der Waals surface area (Å²) in [7, 11) is 0. The third-order valence-electron chi connectivity index (χ3n) is 1.16. The van der Waals surface area contributed by atoms with Crippen molar-refractivity contribution in [3.05, 3.63) is 24.2 Å². The molecule has 1 aromatic rings. The van der Waals surface area contributed by atoms with Crippen LogP contribution in [0, 0.1) is 16.9 Å². The standard InChI is InChI=1S/C7H6N4O2/c8-4-10-7(9)11-6(12)5-2-1-3-13-5/h1-3H,(H3,9,10,11,12). The van der Waals surface area contributed by atoms with Gasteiger partial charge in [0.15, 0.2) is 12.0 Å².